The molecule has 17 heavy (non-hydrogen) atoms. The van der Waals surface area contributed by atoms with Crippen LogP contribution >= 0.6 is 0 Å². The Morgan fingerprint density at radius 2 is 2.24 bits per heavy atom. The molecule has 1 atom stereocenters. The Kier molecular flexibility index (Phi) is 5.92. The summed E-state index contributed by atoms with van der Waals surface area (Å²) in [5.41, 5.74) is 0. The predicted molar refractivity (Wildman–Crippen MR) is 71.0 cm³/mol. The van der Waals surface area contributed by atoms with Gasteiger partial charge in [-0.05, 0) is 19.4 Å². The van der Waals surface area contributed by atoms with Crippen LogP contribution in [0.3, 0.4) is 0 Å². The van der Waals surface area contributed by atoms with Gasteiger partial charge in [-0.25, -0.2) is 0 Å². The van der Waals surface area contributed by atoms with Crippen LogP contribution in [-0.4, -0.2) is 61.5 Å². The molecular formula is C13H27N3O. The number of carbonyl (C=O) groups is 1. The molecule has 1 saturated heterocycles. The summed E-state index contributed by atoms with van der Waals surface area (Å²) in [4.78, 5) is 15.6. The van der Waals surface area contributed by atoms with E-state index in [9.17, 15) is 4.79 Å². The summed E-state index contributed by atoms with van der Waals surface area (Å²) in [5.74, 6) is 0.875. The van der Waals surface area contributed by atoms with Gasteiger partial charge in [0.15, 0.2) is 0 Å². The molecule has 0 saturated carbocycles. The average Bonchev–Trinajstić information content (AvgIpc) is 2.65. The molecule has 4 nitrogen and oxygen atoms in total. The van der Waals surface area contributed by atoms with Crippen molar-refractivity contribution in [2.75, 3.05) is 39.8 Å². The zero-order chi connectivity index (χ0) is 12.8. The molecule has 1 fully saturated rings. The molecule has 0 aromatic heterocycles. The van der Waals surface area contributed by atoms with Crippen molar-refractivity contribution in [3.8, 4) is 0 Å². The number of hydrogen-bond acceptors (Lipinski definition) is 3. The summed E-state index contributed by atoms with van der Waals surface area (Å²) in [7, 11) is 2.17. The first-order valence-electron chi connectivity index (χ1n) is 6.66. The predicted octanol–water partition coefficient (Wildman–Crippen LogP) is 0.785. The maximum atomic E-state index is 11.2. The Morgan fingerprint density at radius 3 is 2.76 bits per heavy atom. The molecule has 1 aliphatic rings. The molecule has 1 unspecified atom stereocenters. The zero-order valence-electron chi connectivity index (χ0n) is 11.7. The van der Waals surface area contributed by atoms with Crippen LogP contribution in [0.1, 0.15) is 27.2 Å². The van der Waals surface area contributed by atoms with Crippen LogP contribution < -0.4 is 5.32 Å². The highest BCUT2D eigenvalue weighted by Gasteiger charge is 2.24. The van der Waals surface area contributed by atoms with Crippen molar-refractivity contribution in [2.24, 2.45) is 5.92 Å². The van der Waals surface area contributed by atoms with Gasteiger partial charge < -0.3 is 15.1 Å². The van der Waals surface area contributed by atoms with Gasteiger partial charge >= 0.3 is 0 Å². The first-order valence-corrected chi connectivity index (χ1v) is 6.66. The van der Waals surface area contributed by atoms with E-state index in [0.29, 0.717) is 12.0 Å². The van der Waals surface area contributed by atoms with E-state index in [-0.39, 0.29) is 5.91 Å². The Morgan fingerprint density at radius 1 is 1.53 bits per heavy atom. The van der Waals surface area contributed by atoms with Gasteiger partial charge in [0, 0.05) is 45.7 Å². The van der Waals surface area contributed by atoms with Gasteiger partial charge in [-0.2, -0.15) is 0 Å². The molecule has 0 aromatic carbocycles. The minimum Gasteiger partial charge on any atom is -0.343 e. The van der Waals surface area contributed by atoms with Gasteiger partial charge in [0.05, 0.1) is 0 Å². The average molecular weight is 241 g/mol. The van der Waals surface area contributed by atoms with E-state index < -0.39 is 0 Å². The number of nitrogens with one attached hydrogen (secondary N) is 1. The van der Waals surface area contributed by atoms with Crippen molar-refractivity contribution < 1.29 is 4.79 Å². The van der Waals surface area contributed by atoms with Crippen LogP contribution in [0.15, 0.2) is 0 Å². The van der Waals surface area contributed by atoms with Crippen LogP contribution in [0.4, 0.5) is 0 Å². The van der Waals surface area contributed by atoms with Crippen LogP contribution in [0.2, 0.25) is 0 Å². The lowest BCUT2D eigenvalue weighted by molar-refractivity contribution is -0.127. The number of likely N-dealkylation sites (tertiary alicyclic amines) is 1. The molecule has 1 N–H and O–H groups in total. The number of likely N-dealkylation sites (N-methyl/N-ethyl adjacent to an activating group) is 1. The fourth-order valence-corrected chi connectivity index (χ4v) is 2.34. The van der Waals surface area contributed by atoms with Crippen molar-refractivity contribution in [1.82, 2.24) is 15.1 Å². The molecular weight excluding hydrogens is 214 g/mol. The molecule has 0 aliphatic carbocycles. The summed E-state index contributed by atoms with van der Waals surface area (Å²) in [6, 6.07) is 0.558. The quantitative estimate of drug-likeness (QED) is 0.746. The van der Waals surface area contributed by atoms with Gasteiger partial charge in [-0.3, -0.25) is 4.79 Å². The highest BCUT2D eigenvalue weighted by molar-refractivity contribution is 5.73. The lowest BCUT2D eigenvalue weighted by atomic mass is 10.1. The van der Waals surface area contributed by atoms with E-state index in [1.54, 1.807) is 6.92 Å². The van der Waals surface area contributed by atoms with Gasteiger partial charge in [0.25, 0.3) is 0 Å². The monoisotopic (exact) mass is 241 g/mol. The third-order valence-electron chi connectivity index (χ3n) is 3.35. The highest BCUT2D eigenvalue weighted by Crippen LogP contribution is 2.16. The van der Waals surface area contributed by atoms with Crippen molar-refractivity contribution in [1.29, 1.82) is 0 Å². The number of amides is 1. The standard InChI is InChI=1S/C13H27N3O/c1-11(2)14-6-8-15(4)9-13-5-7-16(10-13)12(3)17/h11,13-14H,5-10H2,1-4H3. The Balaban J connectivity index is 2.15. The number of rotatable bonds is 6. The van der Waals surface area contributed by atoms with E-state index in [1.165, 1.54) is 0 Å². The molecule has 1 aliphatic heterocycles. The first kappa shape index (κ1) is 14.5. The van der Waals surface area contributed by atoms with Gasteiger partial charge in [-0.15, -0.1) is 0 Å². The molecule has 0 bridgehead atoms. The summed E-state index contributed by atoms with van der Waals surface area (Å²) in [6.45, 7) is 11.1. The molecule has 0 spiro atoms. The Hall–Kier alpha value is -0.610. The third kappa shape index (κ3) is 5.50. The van der Waals surface area contributed by atoms with Gasteiger partial charge in [0.2, 0.25) is 5.91 Å². The van der Waals surface area contributed by atoms with Crippen LogP contribution in [0.5, 0.6) is 0 Å². The molecule has 1 rings (SSSR count). The second-order valence-electron chi connectivity index (χ2n) is 5.49. The second kappa shape index (κ2) is 6.97. The summed E-state index contributed by atoms with van der Waals surface area (Å²) in [6.07, 6.45) is 1.15. The zero-order valence-corrected chi connectivity index (χ0v) is 11.7. The smallest absolute Gasteiger partial charge is 0.219 e. The third-order valence-corrected chi connectivity index (χ3v) is 3.35. The Bertz CT molecular complexity index is 243. The normalized spacial score (nSPS) is 20.6. The first-order chi connectivity index (χ1) is 7.99. The van der Waals surface area contributed by atoms with E-state index in [0.717, 1.165) is 39.1 Å². The second-order valence-corrected chi connectivity index (χ2v) is 5.49. The fraction of sp³-hybridized carbons (Fsp3) is 0.923. The van der Waals surface area contributed by atoms with Crippen molar-refractivity contribution in [3.63, 3.8) is 0 Å². The fourth-order valence-electron chi connectivity index (χ4n) is 2.34. The van der Waals surface area contributed by atoms with Crippen LogP contribution in [0.25, 0.3) is 0 Å². The van der Waals surface area contributed by atoms with Crippen molar-refractivity contribution in [3.05, 3.63) is 0 Å². The molecule has 100 valence electrons. The minimum absolute atomic E-state index is 0.219. The van der Waals surface area contributed by atoms with Crippen molar-refractivity contribution in [2.45, 2.75) is 33.2 Å². The van der Waals surface area contributed by atoms with E-state index in [2.05, 4.69) is 31.1 Å². The van der Waals surface area contributed by atoms with Crippen LogP contribution in [0, 0.1) is 5.92 Å². The molecule has 0 aromatic rings. The molecule has 0 radical (unpaired) electrons. The molecule has 1 amide bonds. The number of carbonyl (C=O) groups excluding carboxylic acids is 1. The Labute approximate surface area is 105 Å². The number of nitrogens with zero attached hydrogens (tertiary/aromatic N) is 2. The largest absolute Gasteiger partial charge is 0.343 e. The van der Waals surface area contributed by atoms with E-state index >= 15 is 0 Å². The van der Waals surface area contributed by atoms with Gasteiger partial charge in [0.1, 0.15) is 0 Å². The maximum Gasteiger partial charge on any atom is 0.219 e. The van der Waals surface area contributed by atoms with Crippen molar-refractivity contribution >= 4 is 5.91 Å². The topological polar surface area (TPSA) is 35.6 Å². The summed E-state index contributed by atoms with van der Waals surface area (Å²) < 4.78 is 0. The SMILES string of the molecule is CC(=O)N1CCC(CN(C)CCNC(C)C)C1. The highest BCUT2D eigenvalue weighted by atomic mass is 16.2. The molecule has 4 heteroatoms. The minimum atomic E-state index is 0.219. The van der Waals surface area contributed by atoms with E-state index in [1.807, 2.05) is 4.90 Å². The summed E-state index contributed by atoms with van der Waals surface area (Å²) in [5, 5.41) is 3.42. The van der Waals surface area contributed by atoms with Gasteiger partial charge in [-0.1, -0.05) is 13.8 Å². The maximum absolute atomic E-state index is 11.2. The van der Waals surface area contributed by atoms with Crippen LogP contribution in [-0.2, 0) is 4.79 Å². The summed E-state index contributed by atoms with van der Waals surface area (Å²) >= 11 is 0. The lowest BCUT2D eigenvalue weighted by Crippen LogP contribution is -2.36. The molecule has 1 heterocycles. The lowest BCUT2D eigenvalue weighted by Gasteiger charge is -2.22. The van der Waals surface area contributed by atoms with E-state index in [4.69, 9.17) is 0 Å². The number of hydrogen-bond donors (Lipinski definition) is 1.